The van der Waals surface area contributed by atoms with Crippen molar-refractivity contribution in [2.75, 3.05) is 0 Å². The molecule has 0 fully saturated rings. The lowest BCUT2D eigenvalue weighted by atomic mass is 9.95. The molecule has 0 bridgehead atoms. The summed E-state index contributed by atoms with van der Waals surface area (Å²) >= 11 is 6.28. The van der Waals surface area contributed by atoms with E-state index in [1.54, 1.807) is 12.1 Å². The summed E-state index contributed by atoms with van der Waals surface area (Å²) in [5, 5.41) is 7.62. The third-order valence-electron chi connectivity index (χ3n) is 5.62. The van der Waals surface area contributed by atoms with Gasteiger partial charge in [0.25, 0.3) is 0 Å². The van der Waals surface area contributed by atoms with Gasteiger partial charge in [0.1, 0.15) is 11.6 Å². The van der Waals surface area contributed by atoms with Gasteiger partial charge in [-0.3, -0.25) is 0 Å². The van der Waals surface area contributed by atoms with Gasteiger partial charge in [-0.25, -0.2) is 9.40 Å². The summed E-state index contributed by atoms with van der Waals surface area (Å²) in [4.78, 5) is 0. The van der Waals surface area contributed by atoms with E-state index in [2.05, 4.69) is 32.0 Å². The van der Waals surface area contributed by atoms with Crippen molar-refractivity contribution in [3.05, 3.63) is 99.3 Å². The molecule has 3 aromatic rings. The molecule has 146 valence electrons. The molecule has 2 aliphatic rings. The molecular formula is C24H20ClFN2O. The average Bonchev–Trinajstić information content (AvgIpc) is 3.14. The number of hydrogen-bond donors (Lipinski definition) is 0. The number of rotatable bonds is 2. The van der Waals surface area contributed by atoms with Crippen molar-refractivity contribution < 1.29 is 9.13 Å². The Balaban J connectivity index is 1.62. The highest BCUT2D eigenvalue weighted by molar-refractivity contribution is 6.30. The lowest BCUT2D eigenvalue weighted by molar-refractivity contribution is -0.0194. The normalized spacial score (nSPS) is 20.0. The van der Waals surface area contributed by atoms with Crippen LogP contribution in [0.3, 0.4) is 0 Å². The van der Waals surface area contributed by atoms with Crippen LogP contribution in [0.1, 0.15) is 46.5 Å². The lowest BCUT2D eigenvalue weighted by Crippen LogP contribution is -2.34. The van der Waals surface area contributed by atoms with Crippen LogP contribution in [0.5, 0.6) is 5.75 Å². The number of nitrogens with zero attached hydrogens (tertiary/aromatic N) is 2. The first-order chi connectivity index (χ1) is 14.0. The third-order valence-corrected chi connectivity index (χ3v) is 5.86. The molecule has 2 aliphatic heterocycles. The number of ether oxygens (including phenoxy) is 1. The monoisotopic (exact) mass is 406 g/mol. The van der Waals surface area contributed by atoms with Gasteiger partial charge < -0.3 is 4.74 Å². The Morgan fingerprint density at radius 1 is 1.00 bits per heavy atom. The number of halogens is 2. The second-order valence-electron chi connectivity index (χ2n) is 7.67. The standard InChI is InChI=1S/C24H20ClFN2O/c1-14-3-9-19(15(2)11-14)24-28-22(20-12-17(25)6-10-23(20)29-24)13-21(27-28)16-4-7-18(26)8-5-16/h3-12,22,24H,13H2,1-2H3/t22-,24+/m0/s1. The first-order valence-electron chi connectivity index (χ1n) is 9.64. The van der Waals surface area contributed by atoms with Crippen molar-refractivity contribution in [3.63, 3.8) is 0 Å². The number of hydrogen-bond acceptors (Lipinski definition) is 3. The molecule has 5 rings (SSSR count). The SMILES string of the molecule is Cc1ccc([C@H]2Oc3ccc(Cl)cc3[C@@H]3CC(c4ccc(F)cc4)=NN23)c(C)c1. The first-order valence-corrected chi connectivity index (χ1v) is 10.0. The minimum absolute atomic E-state index is 0.0169. The zero-order chi connectivity index (χ0) is 20.1. The smallest absolute Gasteiger partial charge is 0.214 e. The quantitative estimate of drug-likeness (QED) is 0.496. The topological polar surface area (TPSA) is 24.8 Å². The number of benzene rings is 3. The van der Waals surface area contributed by atoms with Gasteiger partial charge in [0.15, 0.2) is 0 Å². The molecule has 0 saturated carbocycles. The summed E-state index contributed by atoms with van der Waals surface area (Å²) in [7, 11) is 0. The number of fused-ring (bicyclic) bond motifs is 3. The molecule has 5 heteroatoms. The van der Waals surface area contributed by atoms with E-state index in [9.17, 15) is 4.39 Å². The fourth-order valence-corrected chi connectivity index (χ4v) is 4.36. The van der Waals surface area contributed by atoms with Crippen LogP contribution in [-0.4, -0.2) is 10.7 Å². The van der Waals surface area contributed by atoms with E-state index >= 15 is 0 Å². The Hall–Kier alpha value is -2.85. The molecule has 3 nitrogen and oxygen atoms in total. The Kier molecular flexibility index (Phi) is 4.32. The molecule has 3 aromatic carbocycles. The van der Waals surface area contributed by atoms with Crippen LogP contribution in [0.25, 0.3) is 0 Å². The molecule has 0 spiro atoms. The summed E-state index contributed by atoms with van der Waals surface area (Å²) in [6.45, 7) is 4.18. The van der Waals surface area contributed by atoms with Gasteiger partial charge in [0, 0.05) is 22.6 Å². The van der Waals surface area contributed by atoms with Crippen molar-refractivity contribution >= 4 is 17.3 Å². The molecular weight excluding hydrogens is 387 g/mol. The zero-order valence-corrected chi connectivity index (χ0v) is 16.9. The maximum Gasteiger partial charge on any atom is 0.214 e. The fourth-order valence-electron chi connectivity index (χ4n) is 4.18. The predicted molar refractivity (Wildman–Crippen MR) is 113 cm³/mol. The molecule has 2 heterocycles. The van der Waals surface area contributed by atoms with Crippen LogP contribution in [0.4, 0.5) is 4.39 Å². The van der Waals surface area contributed by atoms with Gasteiger partial charge >= 0.3 is 0 Å². The molecule has 0 saturated heterocycles. The average molecular weight is 407 g/mol. The van der Waals surface area contributed by atoms with Crippen LogP contribution in [0.2, 0.25) is 5.02 Å². The number of aryl methyl sites for hydroxylation is 2. The molecule has 29 heavy (non-hydrogen) atoms. The lowest BCUT2D eigenvalue weighted by Gasteiger charge is -2.38. The molecule has 0 unspecified atom stereocenters. The molecule has 0 aromatic heterocycles. The van der Waals surface area contributed by atoms with Crippen LogP contribution in [0.15, 0.2) is 65.8 Å². The van der Waals surface area contributed by atoms with E-state index in [1.807, 2.05) is 23.2 Å². The highest BCUT2D eigenvalue weighted by atomic mass is 35.5. The number of hydrazone groups is 1. The van der Waals surface area contributed by atoms with Gasteiger partial charge in [-0.1, -0.05) is 47.5 Å². The highest BCUT2D eigenvalue weighted by Crippen LogP contribution is 2.48. The minimum atomic E-state index is -0.327. The van der Waals surface area contributed by atoms with Crippen LogP contribution in [-0.2, 0) is 0 Å². The fraction of sp³-hybridized carbons (Fsp3) is 0.208. The van der Waals surface area contributed by atoms with E-state index in [-0.39, 0.29) is 18.1 Å². The summed E-state index contributed by atoms with van der Waals surface area (Å²) in [6, 6.07) is 18.6. The van der Waals surface area contributed by atoms with E-state index < -0.39 is 0 Å². The van der Waals surface area contributed by atoms with Crippen molar-refractivity contribution in [1.29, 1.82) is 0 Å². The van der Waals surface area contributed by atoms with E-state index in [1.165, 1.54) is 17.7 Å². The van der Waals surface area contributed by atoms with Gasteiger partial charge in [-0.15, -0.1) is 0 Å². The van der Waals surface area contributed by atoms with Crippen LogP contribution in [0, 0.1) is 19.7 Å². The highest BCUT2D eigenvalue weighted by Gasteiger charge is 2.41. The molecule has 0 aliphatic carbocycles. The second-order valence-corrected chi connectivity index (χ2v) is 8.10. The van der Waals surface area contributed by atoms with Crippen LogP contribution < -0.4 is 4.74 Å². The van der Waals surface area contributed by atoms with E-state index in [4.69, 9.17) is 21.4 Å². The molecule has 0 amide bonds. The van der Waals surface area contributed by atoms with Crippen molar-refractivity contribution in [2.24, 2.45) is 5.10 Å². The Bertz CT molecular complexity index is 1130. The van der Waals surface area contributed by atoms with Crippen molar-refractivity contribution in [3.8, 4) is 5.75 Å². The van der Waals surface area contributed by atoms with Gasteiger partial charge in [0.05, 0.1) is 11.8 Å². The van der Waals surface area contributed by atoms with Gasteiger partial charge in [0.2, 0.25) is 6.23 Å². The van der Waals surface area contributed by atoms with E-state index in [0.29, 0.717) is 11.4 Å². The summed E-state index contributed by atoms with van der Waals surface area (Å²) in [5.41, 5.74) is 6.33. The third kappa shape index (κ3) is 3.18. The second kappa shape index (κ2) is 6.89. The van der Waals surface area contributed by atoms with Crippen LogP contribution >= 0.6 is 11.6 Å². The predicted octanol–water partition coefficient (Wildman–Crippen LogP) is 6.34. The minimum Gasteiger partial charge on any atom is -0.464 e. The Labute approximate surface area is 174 Å². The summed E-state index contributed by atoms with van der Waals surface area (Å²) in [5.74, 6) is 0.579. The molecule has 2 atom stereocenters. The summed E-state index contributed by atoms with van der Waals surface area (Å²) < 4.78 is 19.8. The molecule has 0 N–H and O–H groups in total. The Morgan fingerprint density at radius 2 is 1.79 bits per heavy atom. The first kappa shape index (κ1) is 18.2. The Morgan fingerprint density at radius 3 is 2.55 bits per heavy atom. The van der Waals surface area contributed by atoms with Gasteiger partial charge in [-0.2, -0.15) is 5.10 Å². The van der Waals surface area contributed by atoms with E-state index in [0.717, 1.165) is 33.7 Å². The van der Waals surface area contributed by atoms with Gasteiger partial charge in [-0.05, 0) is 55.3 Å². The van der Waals surface area contributed by atoms with Crippen molar-refractivity contribution in [1.82, 2.24) is 5.01 Å². The zero-order valence-electron chi connectivity index (χ0n) is 16.2. The molecule has 0 radical (unpaired) electrons. The summed E-state index contributed by atoms with van der Waals surface area (Å²) in [6.07, 6.45) is 0.385. The van der Waals surface area contributed by atoms with Crippen molar-refractivity contribution in [2.45, 2.75) is 32.5 Å². The maximum atomic E-state index is 13.4. The largest absolute Gasteiger partial charge is 0.464 e. The maximum absolute atomic E-state index is 13.4.